The molecular formula is C17H25FN4O4S. The van der Waals surface area contributed by atoms with Crippen LogP contribution in [0.5, 0.6) is 0 Å². The van der Waals surface area contributed by atoms with Gasteiger partial charge in [-0.2, -0.15) is 0 Å². The van der Waals surface area contributed by atoms with Crippen molar-refractivity contribution in [3.8, 4) is 0 Å². The minimum absolute atomic E-state index is 0.108. The van der Waals surface area contributed by atoms with Crippen molar-refractivity contribution in [1.82, 2.24) is 15.8 Å². The molecular weight excluding hydrogens is 375 g/mol. The van der Waals surface area contributed by atoms with E-state index < -0.39 is 23.3 Å². The fourth-order valence-electron chi connectivity index (χ4n) is 2.80. The van der Waals surface area contributed by atoms with E-state index in [9.17, 15) is 14.0 Å². The molecule has 1 saturated heterocycles. The van der Waals surface area contributed by atoms with Crippen molar-refractivity contribution in [3.63, 3.8) is 0 Å². The molecule has 3 rings (SSSR count). The predicted molar refractivity (Wildman–Crippen MR) is 98.6 cm³/mol. The summed E-state index contributed by atoms with van der Waals surface area (Å²) in [5.74, 6) is -0.604. The lowest BCUT2D eigenvalue weighted by molar-refractivity contribution is 0.0481. The molecule has 2 amide bonds. The van der Waals surface area contributed by atoms with E-state index in [1.807, 2.05) is 4.90 Å². The number of hydrazine groups is 1. The summed E-state index contributed by atoms with van der Waals surface area (Å²) in [6, 6.07) is 0. The van der Waals surface area contributed by atoms with Gasteiger partial charge in [-0.15, -0.1) is 0 Å². The van der Waals surface area contributed by atoms with E-state index in [4.69, 9.17) is 9.47 Å². The van der Waals surface area contributed by atoms with Crippen molar-refractivity contribution in [2.24, 2.45) is 0 Å². The van der Waals surface area contributed by atoms with Crippen molar-refractivity contribution < 1.29 is 23.5 Å². The van der Waals surface area contributed by atoms with E-state index in [1.165, 1.54) is 11.3 Å². The maximum Gasteiger partial charge on any atom is 0.426 e. The van der Waals surface area contributed by atoms with Gasteiger partial charge in [0.1, 0.15) is 15.6 Å². The zero-order valence-corrected chi connectivity index (χ0v) is 16.6. The van der Waals surface area contributed by atoms with Crippen LogP contribution in [-0.4, -0.2) is 48.9 Å². The zero-order chi connectivity index (χ0) is 19.7. The number of amides is 2. The van der Waals surface area contributed by atoms with Gasteiger partial charge >= 0.3 is 6.09 Å². The molecule has 8 nitrogen and oxygen atoms in total. The van der Waals surface area contributed by atoms with Crippen LogP contribution in [-0.2, 0) is 15.1 Å². The minimum atomic E-state index is -1.46. The summed E-state index contributed by atoms with van der Waals surface area (Å²) in [7, 11) is 0. The Morgan fingerprint density at radius 2 is 1.93 bits per heavy atom. The van der Waals surface area contributed by atoms with E-state index in [1.54, 1.807) is 20.8 Å². The van der Waals surface area contributed by atoms with Crippen LogP contribution in [0.1, 0.15) is 55.5 Å². The van der Waals surface area contributed by atoms with Crippen LogP contribution in [0.25, 0.3) is 0 Å². The molecule has 1 aliphatic heterocycles. The van der Waals surface area contributed by atoms with E-state index in [-0.39, 0.29) is 5.69 Å². The second kappa shape index (κ2) is 7.59. The molecule has 1 aromatic heterocycles. The second-order valence-electron chi connectivity index (χ2n) is 7.67. The van der Waals surface area contributed by atoms with E-state index >= 15 is 0 Å². The largest absolute Gasteiger partial charge is 0.443 e. The zero-order valence-electron chi connectivity index (χ0n) is 15.8. The number of hydrogen-bond acceptors (Lipinski definition) is 7. The summed E-state index contributed by atoms with van der Waals surface area (Å²) < 4.78 is 25.3. The van der Waals surface area contributed by atoms with Gasteiger partial charge in [-0.3, -0.25) is 10.2 Å². The first-order chi connectivity index (χ1) is 12.7. The van der Waals surface area contributed by atoms with Gasteiger partial charge in [0.15, 0.2) is 11.4 Å². The first-order valence-electron chi connectivity index (χ1n) is 9.00. The smallest absolute Gasteiger partial charge is 0.426 e. The number of morpholine rings is 1. The van der Waals surface area contributed by atoms with Crippen LogP contribution in [0.3, 0.4) is 0 Å². The highest BCUT2D eigenvalue weighted by molar-refractivity contribution is 7.16. The van der Waals surface area contributed by atoms with Crippen molar-refractivity contribution in [1.29, 1.82) is 0 Å². The molecule has 0 aromatic carbocycles. The van der Waals surface area contributed by atoms with E-state index in [0.717, 1.165) is 6.42 Å². The van der Waals surface area contributed by atoms with Gasteiger partial charge in [-0.25, -0.2) is 19.6 Å². The minimum Gasteiger partial charge on any atom is -0.443 e. The van der Waals surface area contributed by atoms with Crippen molar-refractivity contribution in [3.05, 3.63) is 10.7 Å². The molecule has 0 spiro atoms. The Bertz CT molecular complexity index is 708. The lowest BCUT2D eigenvalue weighted by atomic mass is 9.83. The maximum absolute atomic E-state index is 14.8. The van der Waals surface area contributed by atoms with Crippen molar-refractivity contribution in [2.75, 3.05) is 31.2 Å². The summed E-state index contributed by atoms with van der Waals surface area (Å²) in [4.78, 5) is 30.6. The lowest BCUT2D eigenvalue weighted by Crippen LogP contribution is -2.45. The van der Waals surface area contributed by atoms with E-state index in [2.05, 4.69) is 15.8 Å². The number of ether oxygens (including phenoxy) is 2. The van der Waals surface area contributed by atoms with Crippen LogP contribution in [0.15, 0.2) is 0 Å². The molecule has 0 unspecified atom stereocenters. The second-order valence-corrected chi connectivity index (χ2v) is 8.65. The Morgan fingerprint density at radius 3 is 2.48 bits per heavy atom. The van der Waals surface area contributed by atoms with Crippen molar-refractivity contribution >= 4 is 28.3 Å². The van der Waals surface area contributed by atoms with Crippen molar-refractivity contribution in [2.45, 2.75) is 51.3 Å². The average molecular weight is 400 g/mol. The van der Waals surface area contributed by atoms with Gasteiger partial charge in [0.2, 0.25) is 0 Å². The molecule has 0 radical (unpaired) electrons. The van der Waals surface area contributed by atoms with Gasteiger partial charge in [0, 0.05) is 13.1 Å². The predicted octanol–water partition coefficient (Wildman–Crippen LogP) is 2.50. The number of rotatable bonds is 3. The normalized spacial score (nSPS) is 19.2. The number of aromatic nitrogens is 1. The fourth-order valence-corrected chi connectivity index (χ4v) is 4.06. The Labute approximate surface area is 161 Å². The highest BCUT2D eigenvalue weighted by atomic mass is 32.1. The number of nitrogens with zero attached hydrogens (tertiary/aromatic N) is 2. The molecule has 0 atom stereocenters. The lowest BCUT2D eigenvalue weighted by Gasteiger charge is -2.31. The van der Waals surface area contributed by atoms with E-state index in [0.29, 0.717) is 49.2 Å². The maximum atomic E-state index is 14.8. The number of carbonyl (C=O) groups excluding carboxylic acids is 2. The molecule has 27 heavy (non-hydrogen) atoms. The van der Waals surface area contributed by atoms with Crippen LogP contribution < -0.4 is 15.8 Å². The number of hydrogen-bond donors (Lipinski definition) is 2. The fraction of sp³-hybridized carbons (Fsp3) is 0.706. The third kappa shape index (κ3) is 4.67. The first-order valence-corrected chi connectivity index (χ1v) is 9.82. The van der Waals surface area contributed by atoms with Gasteiger partial charge in [0.25, 0.3) is 5.91 Å². The summed E-state index contributed by atoms with van der Waals surface area (Å²) in [6.45, 7) is 7.42. The molecule has 1 aliphatic carbocycles. The standard InChI is InChI=1S/C17H25FN4O4S/c1-16(2,3)26-15(24)21-20-12(23)11-13(22-7-9-25-10-8-22)27-14(19-11)17(18)5-4-6-17/h4-10H2,1-3H3,(H,20,23)(H,21,24). The third-order valence-corrected chi connectivity index (χ3v) is 5.62. The van der Waals surface area contributed by atoms with Gasteiger partial charge in [-0.1, -0.05) is 11.3 Å². The summed E-state index contributed by atoms with van der Waals surface area (Å²) in [5, 5.41) is 0.915. The Hall–Kier alpha value is -1.94. The molecule has 2 aliphatic rings. The topological polar surface area (TPSA) is 92.8 Å². The van der Waals surface area contributed by atoms with Gasteiger partial charge < -0.3 is 14.4 Å². The molecule has 1 saturated carbocycles. The van der Waals surface area contributed by atoms with Crippen LogP contribution in [0.2, 0.25) is 0 Å². The Balaban J connectivity index is 1.75. The molecule has 2 N–H and O–H groups in total. The molecule has 10 heteroatoms. The van der Waals surface area contributed by atoms with Gasteiger partial charge in [-0.05, 0) is 40.0 Å². The number of alkyl halides is 1. The number of nitrogens with one attached hydrogen (secondary N) is 2. The van der Waals surface area contributed by atoms with Crippen LogP contribution in [0.4, 0.5) is 14.2 Å². The molecule has 2 heterocycles. The number of anilines is 1. The highest BCUT2D eigenvalue weighted by Gasteiger charge is 2.43. The Kier molecular flexibility index (Phi) is 5.57. The number of thiazole rings is 1. The summed E-state index contributed by atoms with van der Waals surface area (Å²) >= 11 is 1.20. The molecule has 150 valence electrons. The SMILES string of the molecule is CC(C)(C)OC(=O)NNC(=O)c1nc(C2(F)CCC2)sc1N1CCOCC1. The molecule has 0 bridgehead atoms. The Morgan fingerprint density at radius 1 is 1.26 bits per heavy atom. The first kappa shape index (κ1) is 19.8. The highest BCUT2D eigenvalue weighted by Crippen LogP contribution is 2.48. The molecule has 2 fully saturated rings. The summed E-state index contributed by atoms with van der Waals surface area (Å²) in [6.07, 6.45) is 0.866. The van der Waals surface area contributed by atoms with Crippen LogP contribution in [0, 0.1) is 0 Å². The average Bonchev–Trinajstić information content (AvgIpc) is 3.02. The number of halogens is 1. The van der Waals surface area contributed by atoms with Crippen LogP contribution >= 0.6 is 11.3 Å². The monoisotopic (exact) mass is 400 g/mol. The summed E-state index contributed by atoms with van der Waals surface area (Å²) in [5.41, 5.74) is 2.48. The number of carbonyl (C=O) groups is 2. The molecule has 1 aromatic rings. The third-order valence-electron chi connectivity index (χ3n) is 4.33. The van der Waals surface area contributed by atoms with Gasteiger partial charge in [0.05, 0.1) is 13.2 Å². The quantitative estimate of drug-likeness (QED) is 0.758.